The van der Waals surface area contributed by atoms with Gasteiger partial charge in [-0.05, 0) is 52.8 Å². The Bertz CT molecular complexity index is 370. The SMILES string of the molecule is CCC(C)C1(C(C)C)C(CC)C12CC(C)C(C)CCCC2C. The zero-order valence-corrected chi connectivity index (χ0v) is 16.7. The summed E-state index contributed by atoms with van der Waals surface area (Å²) in [4.78, 5) is 0. The first-order chi connectivity index (χ1) is 10.3. The van der Waals surface area contributed by atoms with Crippen LogP contribution < -0.4 is 0 Å². The molecule has 0 bridgehead atoms. The van der Waals surface area contributed by atoms with Crippen LogP contribution in [0.15, 0.2) is 0 Å². The minimum Gasteiger partial charge on any atom is -0.0651 e. The Hall–Kier alpha value is 0. The lowest BCUT2D eigenvalue weighted by Crippen LogP contribution is -2.34. The standard InChI is InChI=1S/C22H42/c1-9-18(7)22(15(3)4)20(10-2)21(22)14-17(6)16(5)12-11-13-19(21)8/h15-20H,9-14H2,1-8H3. The molecule has 2 aliphatic carbocycles. The topological polar surface area (TPSA) is 0 Å². The number of hydrogen-bond acceptors (Lipinski definition) is 0. The van der Waals surface area contributed by atoms with Crippen LogP contribution in [0.3, 0.4) is 0 Å². The molecule has 2 fully saturated rings. The zero-order valence-electron chi connectivity index (χ0n) is 16.7. The third-order valence-electron chi connectivity index (χ3n) is 8.52. The highest BCUT2D eigenvalue weighted by Gasteiger charge is 2.78. The first kappa shape index (κ1) is 18.3. The van der Waals surface area contributed by atoms with Gasteiger partial charge in [-0.25, -0.2) is 0 Å². The van der Waals surface area contributed by atoms with Crippen molar-refractivity contribution < 1.29 is 0 Å². The predicted molar refractivity (Wildman–Crippen MR) is 98.9 cm³/mol. The van der Waals surface area contributed by atoms with Gasteiger partial charge in [0.1, 0.15) is 0 Å². The van der Waals surface area contributed by atoms with Crippen molar-refractivity contribution in [1.82, 2.24) is 0 Å². The molecule has 0 heteroatoms. The minimum absolute atomic E-state index is 0.612. The zero-order chi connectivity index (χ0) is 16.7. The van der Waals surface area contributed by atoms with Crippen molar-refractivity contribution in [2.45, 2.75) is 93.9 Å². The van der Waals surface area contributed by atoms with E-state index in [0.717, 1.165) is 35.5 Å². The molecule has 2 rings (SSSR count). The van der Waals surface area contributed by atoms with Gasteiger partial charge < -0.3 is 0 Å². The second-order valence-electron chi connectivity index (χ2n) is 9.39. The van der Waals surface area contributed by atoms with Gasteiger partial charge in [-0.15, -0.1) is 0 Å². The maximum absolute atomic E-state index is 2.61. The van der Waals surface area contributed by atoms with E-state index in [2.05, 4.69) is 55.4 Å². The molecule has 22 heavy (non-hydrogen) atoms. The highest BCUT2D eigenvalue weighted by molar-refractivity contribution is 5.25. The van der Waals surface area contributed by atoms with Crippen molar-refractivity contribution in [1.29, 1.82) is 0 Å². The molecule has 0 aromatic carbocycles. The summed E-state index contributed by atoms with van der Waals surface area (Å²) in [6.07, 6.45) is 8.63. The molecule has 0 amide bonds. The van der Waals surface area contributed by atoms with Crippen molar-refractivity contribution in [3.8, 4) is 0 Å². The van der Waals surface area contributed by atoms with Gasteiger partial charge in [0.05, 0.1) is 0 Å². The molecule has 0 aliphatic heterocycles. The molecule has 130 valence electrons. The molecule has 0 aromatic rings. The molecule has 0 saturated heterocycles. The summed E-state index contributed by atoms with van der Waals surface area (Å²) in [6, 6.07) is 0. The quantitative estimate of drug-likeness (QED) is 0.516. The highest BCUT2D eigenvalue weighted by Crippen LogP contribution is 2.83. The largest absolute Gasteiger partial charge is 0.0651 e. The fourth-order valence-corrected chi connectivity index (χ4v) is 7.36. The molecule has 0 nitrogen and oxygen atoms in total. The molecule has 7 unspecified atom stereocenters. The molecule has 2 aliphatic rings. The van der Waals surface area contributed by atoms with E-state index in [-0.39, 0.29) is 0 Å². The Morgan fingerprint density at radius 3 is 2.09 bits per heavy atom. The molecule has 0 heterocycles. The van der Waals surface area contributed by atoms with Crippen LogP contribution in [-0.4, -0.2) is 0 Å². The molecule has 0 radical (unpaired) electrons. The third-order valence-corrected chi connectivity index (χ3v) is 8.52. The van der Waals surface area contributed by atoms with Gasteiger partial charge in [0.2, 0.25) is 0 Å². The van der Waals surface area contributed by atoms with E-state index < -0.39 is 0 Å². The lowest BCUT2D eigenvalue weighted by atomic mass is 9.64. The van der Waals surface area contributed by atoms with E-state index in [1.54, 1.807) is 0 Å². The van der Waals surface area contributed by atoms with Crippen molar-refractivity contribution in [3.63, 3.8) is 0 Å². The minimum atomic E-state index is 0.612. The van der Waals surface area contributed by atoms with Gasteiger partial charge in [0.15, 0.2) is 0 Å². The molecule has 1 spiro atoms. The van der Waals surface area contributed by atoms with Crippen molar-refractivity contribution in [3.05, 3.63) is 0 Å². The van der Waals surface area contributed by atoms with Crippen LogP contribution in [0.25, 0.3) is 0 Å². The Labute approximate surface area is 140 Å². The summed E-state index contributed by atoms with van der Waals surface area (Å²) in [6.45, 7) is 20.2. The van der Waals surface area contributed by atoms with Crippen LogP contribution in [0, 0.1) is 46.3 Å². The van der Waals surface area contributed by atoms with E-state index >= 15 is 0 Å². The predicted octanol–water partition coefficient (Wildman–Crippen LogP) is 7.18. The lowest BCUT2D eigenvalue weighted by Gasteiger charge is -2.41. The van der Waals surface area contributed by atoms with Crippen LogP contribution in [-0.2, 0) is 0 Å². The van der Waals surface area contributed by atoms with Crippen LogP contribution >= 0.6 is 0 Å². The molecule has 0 aromatic heterocycles. The van der Waals surface area contributed by atoms with Gasteiger partial charge in [0.25, 0.3) is 0 Å². The highest BCUT2D eigenvalue weighted by atomic mass is 14.8. The summed E-state index contributed by atoms with van der Waals surface area (Å²) in [5.41, 5.74) is 1.25. The van der Waals surface area contributed by atoms with Crippen molar-refractivity contribution >= 4 is 0 Å². The van der Waals surface area contributed by atoms with Gasteiger partial charge >= 0.3 is 0 Å². The first-order valence-electron chi connectivity index (χ1n) is 10.3. The van der Waals surface area contributed by atoms with Crippen LogP contribution in [0.1, 0.15) is 93.9 Å². The lowest BCUT2D eigenvalue weighted by molar-refractivity contribution is 0.0762. The van der Waals surface area contributed by atoms with E-state index in [1.165, 1.54) is 38.5 Å². The van der Waals surface area contributed by atoms with Crippen LogP contribution in [0.2, 0.25) is 0 Å². The number of hydrogen-bond donors (Lipinski definition) is 0. The first-order valence-corrected chi connectivity index (χ1v) is 10.3. The average molecular weight is 307 g/mol. The molecule has 2 saturated carbocycles. The fraction of sp³-hybridized carbons (Fsp3) is 1.00. The average Bonchev–Trinajstić information content (AvgIpc) is 3.09. The molecular formula is C22H42. The Morgan fingerprint density at radius 2 is 1.59 bits per heavy atom. The summed E-state index contributed by atoms with van der Waals surface area (Å²) in [5.74, 6) is 5.42. The third kappa shape index (κ3) is 2.30. The molecular weight excluding hydrogens is 264 g/mol. The molecule has 7 atom stereocenters. The van der Waals surface area contributed by atoms with Crippen LogP contribution in [0.4, 0.5) is 0 Å². The van der Waals surface area contributed by atoms with E-state index in [9.17, 15) is 0 Å². The fourth-order valence-electron chi connectivity index (χ4n) is 7.36. The van der Waals surface area contributed by atoms with Gasteiger partial charge in [-0.2, -0.15) is 0 Å². The summed E-state index contributed by atoms with van der Waals surface area (Å²) >= 11 is 0. The second-order valence-corrected chi connectivity index (χ2v) is 9.39. The van der Waals surface area contributed by atoms with E-state index in [4.69, 9.17) is 0 Å². The van der Waals surface area contributed by atoms with Crippen molar-refractivity contribution in [2.75, 3.05) is 0 Å². The second kappa shape index (κ2) is 6.48. The smallest absolute Gasteiger partial charge is 0.0153 e. The van der Waals surface area contributed by atoms with E-state index in [0.29, 0.717) is 10.8 Å². The Balaban J connectivity index is 2.46. The van der Waals surface area contributed by atoms with Crippen molar-refractivity contribution in [2.24, 2.45) is 46.3 Å². The summed E-state index contributed by atoms with van der Waals surface area (Å²) in [5, 5.41) is 0. The molecule has 0 N–H and O–H groups in total. The maximum Gasteiger partial charge on any atom is -0.0153 e. The van der Waals surface area contributed by atoms with Gasteiger partial charge in [0, 0.05) is 0 Å². The maximum atomic E-state index is 2.61. The van der Waals surface area contributed by atoms with Crippen LogP contribution in [0.5, 0.6) is 0 Å². The summed E-state index contributed by atoms with van der Waals surface area (Å²) in [7, 11) is 0. The monoisotopic (exact) mass is 306 g/mol. The van der Waals surface area contributed by atoms with Gasteiger partial charge in [-0.1, -0.05) is 87.5 Å². The summed E-state index contributed by atoms with van der Waals surface area (Å²) < 4.78 is 0. The van der Waals surface area contributed by atoms with Gasteiger partial charge in [-0.3, -0.25) is 0 Å². The Kier molecular flexibility index (Phi) is 5.40. The van der Waals surface area contributed by atoms with E-state index in [1.807, 2.05) is 0 Å². The normalized spacial score (nSPS) is 47.3. The Morgan fingerprint density at radius 1 is 0.955 bits per heavy atom. The number of rotatable bonds is 4.